The molecule has 0 bridgehead atoms. The van der Waals surface area contributed by atoms with Gasteiger partial charge in [0.25, 0.3) is 5.91 Å². The first-order valence-corrected chi connectivity index (χ1v) is 8.11. The van der Waals surface area contributed by atoms with Crippen molar-refractivity contribution in [2.45, 2.75) is 10.8 Å². The van der Waals surface area contributed by atoms with Crippen molar-refractivity contribution in [3.63, 3.8) is 0 Å². The Morgan fingerprint density at radius 2 is 1.96 bits per heavy atom. The van der Waals surface area contributed by atoms with Gasteiger partial charge in [0.1, 0.15) is 11.4 Å². The molecular formula is C16H17N5OS. The number of carbonyl (C=O) groups excluding carboxylic acids is 1. The van der Waals surface area contributed by atoms with Gasteiger partial charge in [0.05, 0.1) is 11.6 Å². The van der Waals surface area contributed by atoms with Crippen molar-refractivity contribution >= 4 is 28.7 Å². The second kappa shape index (κ2) is 6.37. The third kappa shape index (κ3) is 3.19. The van der Waals surface area contributed by atoms with Gasteiger partial charge in [-0.1, -0.05) is 12.1 Å². The number of hydrogen-bond donors (Lipinski definition) is 0. The van der Waals surface area contributed by atoms with Gasteiger partial charge in [0.15, 0.2) is 5.65 Å². The third-order valence-corrected chi connectivity index (χ3v) is 4.55. The molecule has 2 aromatic heterocycles. The van der Waals surface area contributed by atoms with Crippen LogP contribution < -0.4 is 0 Å². The van der Waals surface area contributed by atoms with E-state index in [2.05, 4.69) is 15.1 Å². The van der Waals surface area contributed by atoms with Crippen molar-refractivity contribution in [1.82, 2.24) is 24.6 Å². The fraction of sp³-hybridized carbons (Fsp3) is 0.250. The zero-order valence-electron chi connectivity index (χ0n) is 13.2. The smallest absolute Gasteiger partial charge is 0.253 e. The van der Waals surface area contributed by atoms with Crippen molar-refractivity contribution < 1.29 is 4.79 Å². The van der Waals surface area contributed by atoms with Crippen LogP contribution in [0, 0.1) is 0 Å². The summed E-state index contributed by atoms with van der Waals surface area (Å²) in [6.45, 7) is 0. The monoisotopic (exact) mass is 327 g/mol. The average Bonchev–Trinajstić information content (AvgIpc) is 2.95. The number of nitrogens with zero attached hydrogens (tertiary/aromatic N) is 5. The van der Waals surface area contributed by atoms with Gasteiger partial charge in [-0.25, -0.2) is 9.97 Å². The molecular weight excluding hydrogens is 310 g/mol. The van der Waals surface area contributed by atoms with Crippen LogP contribution in [0.1, 0.15) is 15.9 Å². The second-order valence-electron chi connectivity index (χ2n) is 5.37. The Morgan fingerprint density at radius 1 is 1.22 bits per heavy atom. The number of aromatic nitrogens is 4. The van der Waals surface area contributed by atoms with Crippen LogP contribution >= 0.6 is 11.8 Å². The average molecular weight is 327 g/mol. The molecule has 23 heavy (non-hydrogen) atoms. The molecule has 2 heterocycles. The van der Waals surface area contributed by atoms with E-state index in [1.165, 1.54) is 0 Å². The minimum absolute atomic E-state index is 0.0112. The maximum absolute atomic E-state index is 11.9. The zero-order valence-corrected chi connectivity index (χ0v) is 14.0. The number of benzene rings is 1. The number of aryl methyl sites for hydroxylation is 1. The van der Waals surface area contributed by atoms with Crippen molar-refractivity contribution in [3.8, 4) is 0 Å². The molecule has 0 aliphatic carbocycles. The summed E-state index contributed by atoms with van der Waals surface area (Å²) < 4.78 is 1.74. The summed E-state index contributed by atoms with van der Waals surface area (Å²) in [5.74, 6) is 0.786. The molecule has 7 heteroatoms. The van der Waals surface area contributed by atoms with Crippen LogP contribution in [0.2, 0.25) is 0 Å². The van der Waals surface area contributed by atoms with Crippen LogP contribution in [0.3, 0.4) is 0 Å². The number of thioether (sulfide) groups is 1. The molecule has 0 spiro atoms. The number of carbonyl (C=O) groups is 1. The molecule has 6 nitrogen and oxygen atoms in total. The van der Waals surface area contributed by atoms with Gasteiger partial charge in [0.2, 0.25) is 0 Å². The van der Waals surface area contributed by atoms with E-state index in [-0.39, 0.29) is 5.91 Å². The molecule has 3 rings (SSSR count). The Morgan fingerprint density at radius 3 is 2.65 bits per heavy atom. The minimum Gasteiger partial charge on any atom is -0.345 e. The fourth-order valence-corrected chi connectivity index (χ4v) is 3.13. The lowest BCUT2D eigenvalue weighted by Gasteiger charge is -2.10. The van der Waals surface area contributed by atoms with Crippen LogP contribution in [0.5, 0.6) is 0 Å². The van der Waals surface area contributed by atoms with Crippen LogP contribution in [-0.2, 0) is 12.8 Å². The fourth-order valence-electron chi connectivity index (χ4n) is 2.21. The van der Waals surface area contributed by atoms with Gasteiger partial charge >= 0.3 is 0 Å². The van der Waals surface area contributed by atoms with E-state index in [0.717, 1.165) is 27.4 Å². The van der Waals surface area contributed by atoms with Gasteiger partial charge in [-0.05, 0) is 17.7 Å². The van der Waals surface area contributed by atoms with Crippen LogP contribution in [0.4, 0.5) is 0 Å². The van der Waals surface area contributed by atoms with Gasteiger partial charge in [-0.15, -0.1) is 11.8 Å². The molecule has 0 aliphatic heterocycles. The molecule has 0 radical (unpaired) electrons. The summed E-state index contributed by atoms with van der Waals surface area (Å²) in [4.78, 5) is 22.0. The lowest BCUT2D eigenvalue weighted by Crippen LogP contribution is -2.21. The summed E-state index contributed by atoms with van der Waals surface area (Å²) in [7, 11) is 5.37. The van der Waals surface area contributed by atoms with E-state index >= 15 is 0 Å². The standard InChI is InChI=1S/C16H17N5OS/c1-20(2)16(22)12-6-4-11(5-7-12)9-23-15-13-8-19-21(3)14(13)17-10-18-15/h4-8,10H,9H2,1-3H3. The highest BCUT2D eigenvalue weighted by Crippen LogP contribution is 2.27. The van der Waals surface area contributed by atoms with Crippen molar-refractivity contribution in [2.75, 3.05) is 14.1 Å². The summed E-state index contributed by atoms with van der Waals surface area (Å²) in [6.07, 6.45) is 3.35. The Bertz CT molecular complexity index is 841. The lowest BCUT2D eigenvalue weighted by molar-refractivity contribution is 0.0827. The Hall–Kier alpha value is -2.41. The molecule has 118 valence electrons. The van der Waals surface area contributed by atoms with Gasteiger partial charge in [-0.2, -0.15) is 5.10 Å². The van der Waals surface area contributed by atoms with E-state index in [9.17, 15) is 4.79 Å². The molecule has 1 amide bonds. The van der Waals surface area contributed by atoms with E-state index in [1.54, 1.807) is 48.0 Å². The topological polar surface area (TPSA) is 63.9 Å². The van der Waals surface area contributed by atoms with Crippen LogP contribution in [0.15, 0.2) is 41.8 Å². The molecule has 0 fully saturated rings. The molecule has 0 saturated carbocycles. The Balaban J connectivity index is 1.74. The molecule has 3 aromatic rings. The third-order valence-electron chi connectivity index (χ3n) is 3.48. The number of hydrogen-bond acceptors (Lipinski definition) is 5. The maximum Gasteiger partial charge on any atom is 0.253 e. The predicted octanol–water partition coefficient (Wildman–Crippen LogP) is 2.36. The quantitative estimate of drug-likeness (QED) is 0.544. The minimum atomic E-state index is 0.0112. The first-order valence-electron chi connectivity index (χ1n) is 7.12. The van der Waals surface area contributed by atoms with Gasteiger partial charge < -0.3 is 4.90 Å². The summed E-state index contributed by atoms with van der Waals surface area (Å²) in [5.41, 5.74) is 2.66. The summed E-state index contributed by atoms with van der Waals surface area (Å²) in [5, 5.41) is 6.09. The normalized spacial score (nSPS) is 10.9. The predicted molar refractivity (Wildman–Crippen MR) is 90.3 cm³/mol. The van der Waals surface area contributed by atoms with Crippen LogP contribution in [0.25, 0.3) is 11.0 Å². The SMILES string of the molecule is CN(C)C(=O)c1ccc(CSc2ncnc3c2cnn3C)cc1. The molecule has 0 unspecified atom stereocenters. The lowest BCUT2D eigenvalue weighted by atomic mass is 10.1. The summed E-state index contributed by atoms with van der Waals surface area (Å²) in [6, 6.07) is 7.67. The maximum atomic E-state index is 11.9. The number of amides is 1. The van der Waals surface area contributed by atoms with Crippen molar-refractivity contribution in [2.24, 2.45) is 7.05 Å². The molecule has 0 aliphatic rings. The second-order valence-corrected chi connectivity index (χ2v) is 6.33. The van der Waals surface area contributed by atoms with E-state index in [1.807, 2.05) is 31.3 Å². The van der Waals surface area contributed by atoms with Crippen molar-refractivity contribution in [1.29, 1.82) is 0 Å². The highest BCUT2D eigenvalue weighted by atomic mass is 32.2. The largest absolute Gasteiger partial charge is 0.345 e. The summed E-state index contributed by atoms with van der Waals surface area (Å²) >= 11 is 1.64. The van der Waals surface area contributed by atoms with E-state index in [0.29, 0.717) is 5.56 Å². The highest BCUT2D eigenvalue weighted by molar-refractivity contribution is 7.98. The highest BCUT2D eigenvalue weighted by Gasteiger charge is 2.10. The zero-order chi connectivity index (χ0) is 16.4. The van der Waals surface area contributed by atoms with E-state index < -0.39 is 0 Å². The van der Waals surface area contributed by atoms with Gasteiger partial charge in [0, 0.05) is 32.5 Å². The Kier molecular flexibility index (Phi) is 4.29. The molecule has 0 atom stereocenters. The first-order chi connectivity index (χ1) is 11.1. The van der Waals surface area contributed by atoms with E-state index in [4.69, 9.17) is 0 Å². The first kappa shape index (κ1) is 15.5. The van der Waals surface area contributed by atoms with Crippen molar-refractivity contribution in [3.05, 3.63) is 47.9 Å². The van der Waals surface area contributed by atoms with Crippen LogP contribution in [-0.4, -0.2) is 44.7 Å². The molecule has 0 saturated heterocycles. The number of fused-ring (bicyclic) bond motifs is 1. The molecule has 1 aromatic carbocycles. The number of rotatable bonds is 4. The molecule has 0 N–H and O–H groups in total. The van der Waals surface area contributed by atoms with Gasteiger partial charge in [-0.3, -0.25) is 9.48 Å². The Labute approximate surface area is 138 Å².